The van der Waals surface area contributed by atoms with E-state index >= 15 is 0 Å². The molecule has 1 saturated heterocycles. The van der Waals surface area contributed by atoms with Gasteiger partial charge in [0.05, 0.1) is 0 Å². The fourth-order valence-electron chi connectivity index (χ4n) is 3.10. The van der Waals surface area contributed by atoms with E-state index in [1.165, 1.54) is 62.1 Å². The average Bonchev–Trinajstić information content (AvgIpc) is 2.65. The van der Waals surface area contributed by atoms with Crippen LogP contribution in [0.2, 0.25) is 0 Å². The Hall–Kier alpha value is -0.570. The first kappa shape index (κ1) is 14.8. The fraction of sp³-hybridized carbons (Fsp3) is 0.688. The second-order valence-electron chi connectivity index (χ2n) is 5.69. The lowest BCUT2D eigenvalue weighted by molar-refractivity contribution is 0.435. The summed E-state index contributed by atoms with van der Waals surface area (Å²) in [6, 6.07) is 2.26. The van der Waals surface area contributed by atoms with Gasteiger partial charge in [-0.2, -0.15) is 0 Å². The van der Waals surface area contributed by atoms with Gasteiger partial charge < -0.3 is 4.90 Å². The minimum Gasteiger partial charge on any atom is -0.356 e. The van der Waals surface area contributed by atoms with E-state index in [9.17, 15) is 0 Å². The van der Waals surface area contributed by atoms with Crippen molar-refractivity contribution in [1.29, 1.82) is 0 Å². The van der Waals surface area contributed by atoms with Gasteiger partial charge in [0.25, 0.3) is 0 Å². The van der Waals surface area contributed by atoms with E-state index in [1.807, 2.05) is 6.20 Å². The molecule has 0 N–H and O–H groups in total. The Morgan fingerprint density at radius 3 is 2.89 bits per heavy atom. The van der Waals surface area contributed by atoms with Crippen LogP contribution in [0.3, 0.4) is 0 Å². The van der Waals surface area contributed by atoms with Gasteiger partial charge in [0.15, 0.2) is 0 Å². The largest absolute Gasteiger partial charge is 0.356 e. The number of hydrogen-bond acceptors (Lipinski definition) is 2. The van der Waals surface area contributed by atoms with Crippen LogP contribution in [0, 0.1) is 12.8 Å². The van der Waals surface area contributed by atoms with Gasteiger partial charge in [-0.05, 0) is 43.2 Å². The maximum Gasteiger partial charge on any atom is 0.131 e. The third-order valence-corrected chi connectivity index (χ3v) is 4.75. The third-order valence-electron chi connectivity index (χ3n) is 4.11. The molecular formula is C16H25BrN2. The van der Waals surface area contributed by atoms with Gasteiger partial charge in [-0.1, -0.05) is 41.8 Å². The Bertz CT molecular complexity index is 406. The number of hydrogen-bond donors (Lipinski definition) is 0. The fourth-order valence-corrected chi connectivity index (χ4v) is 3.41. The molecule has 2 rings (SSSR count). The van der Waals surface area contributed by atoms with Gasteiger partial charge in [0.1, 0.15) is 5.82 Å². The van der Waals surface area contributed by atoms with E-state index in [4.69, 9.17) is 0 Å². The second-order valence-corrected chi connectivity index (χ2v) is 6.25. The van der Waals surface area contributed by atoms with Crippen LogP contribution < -0.4 is 4.90 Å². The van der Waals surface area contributed by atoms with Crippen molar-refractivity contribution < 1.29 is 0 Å². The Balaban J connectivity index is 2.05. The van der Waals surface area contributed by atoms with Crippen LogP contribution in [0.4, 0.5) is 5.82 Å². The van der Waals surface area contributed by atoms with Crippen LogP contribution in [0.5, 0.6) is 0 Å². The highest BCUT2D eigenvalue weighted by Crippen LogP contribution is 2.26. The topological polar surface area (TPSA) is 16.1 Å². The molecular weight excluding hydrogens is 300 g/mol. The lowest BCUT2D eigenvalue weighted by Gasteiger charge is -2.23. The highest BCUT2D eigenvalue weighted by molar-refractivity contribution is 9.08. The molecule has 1 aromatic rings. The van der Waals surface area contributed by atoms with Crippen molar-refractivity contribution in [3.63, 3.8) is 0 Å². The van der Waals surface area contributed by atoms with Crippen LogP contribution >= 0.6 is 15.9 Å². The van der Waals surface area contributed by atoms with Crippen LogP contribution in [-0.4, -0.2) is 18.1 Å². The Morgan fingerprint density at radius 2 is 2.21 bits per heavy atom. The minimum absolute atomic E-state index is 0.889. The van der Waals surface area contributed by atoms with Crippen molar-refractivity contribution in [1.82, 2.24) is 4.98 Å². The lowest BCUT2D eigenvalue weighted by Crippen LogP contribution is -2.26. The number of anilines is 1. The van der Waals surface area contributed by atoms with Crippen molar-refractivity contribution in [2.45, 2.75) is 51.3 Å². The third kappa shape index (κ3) is 3.95. The molecule has 106 valence electrons. The molecule has 1 aromatic heterocycles. The summed E-state index contributed by atoms with van der Waals surface area (Å²) in [6.45, 7) is 6.82. The number of halogens is 1. The number of nitrogens with zero attached hydrogens (tertiary/aromatic N) is 2. The monoisotopic (exact) mass is 324 g/mol. The van der Waals surface area contributed by atoms with Crippen molar-refractivity contribution in [3.05, 3.63) is 23.4 Å². The van der Waals surface area contributed by atoms with E-state index in [0.717, 1.165) is 11.2 Å². The molecule has 3 heteroatoms. The number of aromatic nitrogens is 1. The molecule has 0 amide bonds. The SMILES string of the molecule is CCCC1CCCN(c2ncc(CBr)cc2C)CC1. The van der Waals surface area contributed by atoms with Crippen LogP contribution in [0.15, 0.2) is 12.3 Å². The minimum atomic E-state index is 0.889. The molecule has 1 fully saturated rings. The number of aryl methyl sites for hydroxylation is 1. The van der Waals surface area contributed by atoms with Crippen molar-refractivity contribution >= 4 is 21.7 Å². The Morgan fingerprint density at radius 1 is 1.37 bits per heavy atom. The summed E-state index contributed by atoms with van der Waals surface area (Å²) in [4.78, 5) is 7.17. The number of pyridine rings is 1. The van der Waals surface area contributed by atoms with Gasteiger partial charge in [0.2, 0.25) is 0 Å². The zero-order chi connectivity index (χ0) is 13.7. The maximum atomic E-state index is 4.68. The first-order valence-electron chi connectivity index (χ1n) is 7.51. The van der Waals surface area contributed by atoms with Gasteiger partial charge in [-0.25, -0.2) is 4.98 Å². The molecule has 0 spiro atoms. The predicted molar refractivity (Wildman–Crippen MR) is 86.1 cm³/mol. The predicted octanol–water partition coefficient (Wildman–Crippen LogP) is 4.69. The molecule has 1 atom stereocenters. The maximum absolute atomic E-state index is 4.68. The van der Waals surface area contributed by atoms with Crippen LogP contribution in [-0.2, 0) is 5.33 Å². The normalized spacial score (nSPS) is 20.4. The summed E-state index contributed by atoms with van der Waals surface area (Å²) in [5, 5.41) is 0.889. The molecule has 0 aromatic carbocycles. The quantitative estimate of drug-likeness (QED) is 0.747. The molecule has 19 heavy (non-hydrogen) atoms. The molecule has 0 bridgehead atoms. The van der Waals surface area contributed by atoms with E-state index in [-0.39, 0.29) is 0 Å². The van der Waals surface area contributed by atoms with Gasteiger partial charge in [-0.15, -0.1) is 0 Å². The van der Waals surface area contributed by atoms with Crippen molar-refractivity contribution in [2.24, 2.45) is 5.92 Å². The zero-order valence-electron chi connectivity index (χ0n) is 12.2. The smallest absolute Gasteiger partial charge is 0.131 e. The van der Waals surface area contributed by atoms with Crippen LogP contribution in [0.25, 0.3) is 0 Å². The molecule has 2 nitrogen and oxygen atoms in total. The first-order valence-corrected chi connectivity index (χ1v) is 8.63. The lowest BCUT2D eigenvalue weighted by atomic mass is 9.96. The number of alkyl halides is 1. The molecule has 1 aliphatic heterocycles. The highest BCUT2D eigenvalue weighted by Gasteiger charge is 2.18. The molecule has 1 aliphatic rings. The summed E-state index contributed by atoms with van der Waals surface area (Å²) < 4.78 is 0. The second kappa shape index (κ2) is 7.28. The van der Waals surface area contributed by atoms with Crippen LogP contribution in [0.1, 0.15) is 50.2 Å². The summed E-state index contributed by atoms with van der Waals surface area (Å²) in [6.07, 6.45) is 8.75. The van der Waals surface area contributed by atoms with E-state index in [2.05, 4.69) is 45.7 Å². The van der Waals surface area contributed by atoms with E-state index in [0.29, 0.717) is 0 Å². The Kier molecular flexibility index (Phi) is 5.68. The van der Waals surface area contributed by atoms with Gasteiger partial charge in [0, 0.05) is 24.6 Å². The molecule has 0 aliphatic carbocycles. The standard InChI is InChI=1S/C16H25BrN2/c1-3-5-14-6-4-8-19(9-7-14)16-13(2)10-15(11-17)12-18-16/h10,12,14H,3-9,11H2,1-2H3. The summed E-state index contributed by atoms with van der Waals surface area (Å²) >= 11 is 3.50. The van der Waals surface area contributed by atoms with E-state index < -0.39 is 0 Å². The highest BCUT2D eigenvalue weighted by atomic mass is 79.9. The molecule has 0 radical (unpaired) electrons. The number of rotatable bonds is 4. The van der Waals surface area contributed by atoms with Crippen molar-refractivity contribution in [3.8, 4) is 0 Å². The molecule has 0 saturated carbocycles. The average molecular weight is 325 g/mol. The Labute approximate surface area is 125 Å². The molecule has 1 unspecified atom stereocenters. The van der Waals surface area contributed by atoms with Gasteiger partial charge in [-0.3, -0.25) is 0 Å². The first-order chi connectivity index (χ1) is 9.24. The summed E-state index contributed by atoms with van der Waals surface area (Å²) in [5.41, 5.74) is 2.57. The zero-order valence-corrected chi connectivity index (χ0v) is 13.7. The van der Waals surface area contributed by atoms with E-state index in [1.54, 1.807) is 0 Å². The summed E-state index contributed by atoms with van der Waals surface area (Å²) in [5.74, 6) is 2.12. The molecule has 2 heterocycles. The van der Waals surface area contributed by atoms with Crippen molar-refractivity contribution in [2.75, 3.05) is 18.0 Å². The summed E-state index contributed by atoms with van der Waals surface area (Å²) in [7, 11) is 0. The van der Waals surface area contributed by atoms with Gasteiger partial charge >= 0.3 is 0 Å².